The number of carbonyl (C=O) groups is 1. The van der Waals surface area contributed by atoms with E-state index in [1.165, 1.54) is 29.5 Å². The van der Waals surface area contributed by atoms with Gasteiger partial charge in [0.25, 0.3) is 5.91 Å². The van der Waals surface area contributed by atoms with Crippen LogP contribution in [0.25, 0.3) is 0 Å². The molecule has 0 unspecified atom stereocenters. The first-order chi connectivity index (χ1) is 11.6. The molecule has 2 aromatic rings. The normalized spacial score (nSPS) is 14.5. The maximum Gasteiger partial charge on any atom is 0.279 e. The van der Waals surface area contributed by atoms with E-state index in [0.717, 1.165) is 12.1 Å². The molecule has 0 fully saturated rings. The Balaban J connectivity index is 1.58. The van der Waals surface area contributed by atoms with Crippen LogP contribution in [0.1, 0.15) is 43.0 Å². The Morgan fingerprint density at radius 1 is 1.08 bits per heavy atom. The Morgan fingerprint density at radius 3 is 2.58 bits per heavy atom. The first kappa shape index (κ1) is 16.7. The average molecular weight is 323 g/mol. The van der Waals surface area contributed by atoms with E-state index in [1.807, 2.05) is 12.1 Å². The van der Waals surface area contributed by atoms with Crippen LogP contribution in [0.5, 0.6) is 0 Å². The molecular formula is C21H27N2O+. The van der Waals surface area contributed by atoms with E-state index in [9.17, 15) is 4.79 Å². The maximum absolute atomic E-state index is 12.3. The lowest BCUT2D eigenvalue weighted by atomic mass is 9.96. The molecule has 1 amide bonds. The van der Waals surface area contributed by atoms with E-state index >= 15 is 0 Å². The smallest absolute Gasteiger partial charge is 0.279 e. The molecule has 2 aromatic carbocycles. The van der Waals surface area contributed by atoms with Crippen molar-refractivity contribution in [1.29, 1.82) is 0 Å². The van der Waals surface area contributed by atoms with Crippen LogP contribution in [0.3, 0.4) is 0 Å². The van der Waals surface area contributed by atoms with Gasteiger partial charge in [0.1, 0.15) is 6.04 Å². The van der Waals surface area contributed by atoms with Gasteiger partial charge in [-0.25, -0.2) is 0 Å². The van der Waals surface area contributed by atoms with Crippen LogP contribution in [0, 0.1) is 5.92 Å². The number of hydrogen-bond acceptors (Lipinski definition) is 1. The molecule has 1 aliphatic carbocycles. The molecule has 1 atom stereocenters. The van der Waals surface area contributed by atoms with Gasteiger partial charge in [0, 0.05) is 17.2 Å². The standard InChI is InChI=1S/C21H26N2O/c1-15(2)21(17-7-4-3-5-8-17)22-14-20(24)23-19-12-11-16-9-6-10-18(16)13-19/h3-5,7-8,11-13,15,21-22H,6,9-10,14H2,1-2H3,(H,23,24)/p+1/t21-/m1/s1. The number of nitrogens with one attached hydrogen (secondary N) is 1. The first-order valence-electron chi connectivity index (χ1n) is 8.93. The molecule has 3 rings (SSSR count). The number of amides is 1. The minimum atomic E-state index is 0.0644. The lowest BCUT2D eigenvalue weighted by Crippen LogP contribution is -2.88. The predicted octanol–water partition coefficient (Wildman–Crippen LogP) is 3.07. The zero-order valence-corrected chi connectivity index (χ0v) is 14.6. The van der Waals surface area contributed by atoms with E-state index in [2.05, 4.69) is 60.9 Å². The van der Waals surface area contributed by atoms with E-state index in [4.69, 9.17) is 0 Å². The molecule has 0 heterocycles. The molecule has 3 heteroatoms. The van der Waals surface area contributed by atoms with Crippen molar-refractivity contribution in [3.63, 3.8) is 0 Å². The largest absolute Gasteiger partial charge is 0.332 e. The Bertz CT molecular complexity index is 694. The van der Waals surface area contributed by atoms with Crippen LogP contribution in [0.15, 0.2) is 48.5 Å². The quantitative estimate of drug-likeness (QED) is 0.843. The molecule has 0 bridgehead atoms. The van der Waals surface area contributed by atoms with Gasteiger partial charge in [-0.3, -0.25) is 4.79 Å². The molecule has 126 valence electrons. The van der Waals surface area contributed by atoms with Crippen LogP contribution < -0.4 is 10.6 Å². The summed E-state index contributed by atoms with van der Waals surface area (Å²) in [4.78, 5) is 12.3. The Hall–Kier alpha value is -2.13. The fourth-order valence-corrected chi connectivity index (χ4v) is 3.56. The summed E-state index contributed by atoms with van der Waals surface area (Å²) in [5, 5.41) is 5.19. The van der Waals surface area contributed by atoms with Gasteiger partial charge in [0.15, 0.2) is 6.54 Å². The fourth-order valence-electron chi connectivity index (χ4n) is 3.56. The minimum absolute atomic E-state index is 0.0644. The molecular weight excluding hydrogens is 296 g/mol. The van der Waals surface area contributed by atoms with Crippen molar-refractivity contribution in [3.8, 4) is 0 Å². The summed E-state index contributed by atoms with van der Waals surface area (Å²) in [7, 11) is 0. The highest BCUT2D eigenvalue weighted by molar-refractivity contribution is 5.91. The van der Waals surface area contributed by atoms with Gasteiger partial charge in [0.05, 0.1) is 0 Å². The highest BCUT2D eigenvalue weighted by atomic mass is 16.1. The van der Waals surface area contributed by atoms with Crippen LogP contribution in [0.2, 0.25) is 0 Å². The first-order valence-corrected chi connectivity index (χ1v) is 8.93. The number of benzene rings is 2. The van der Waals surface area contributed by atoms with Crippen LogP contribution in [-0.2, 0) is 17.6 Å². The van der Waals surface area contributed by atoms with Gasteiger partial charge in [-0.1, -0.05) is 50.2 Å². The molecule has 0 spiro atoms. The summed E-state index contributed by atoms with van der Waals surface area (Å²) in [5.41, 5.74) is 5.03. The SMILES string of the molecule is CC(C)[C@@H]([NH2+]CC(=O)Nc1ccc2c(c1)CCC2)c1ccccc1. The van der Waals surface area contributed by atoms with Crippen LogP contribution in [0.4, 0.5) is 5.69 Å². The van der Waals surface area contributed by atoms with E-state index in [0.29, 0.717) is 18.5 Å². The second-order valence-electron chi connectivity index (χ2n) is 7.01. The molecule has 0 saturated carbocycles. The number of quaternary nitrogens is 1. The summed E-state index contributed by atoms with van der Waals surface area (Å²) in [6.45, 7) is 4.84. The van der Waals surface area contributed by atoms with Crippen molar-refractivity contribution in [3.05, 3.63) is 65.2 Å². The number of anilines is 1. The lowest BCUT2D eigenvalue weighted by Gasteiger charge is -2.19. The Kier molecular flexibility index (Phi) is 5.31. The number of aryl methyl sites for hydroxylation is 2. The third-order valence-electron chi connectivity index (χ3n) is 4.84. The van der Waals surface area contributed by atoms with E-state index in [1.54, 1.807) is 0 Å². The van der Waals surface area contributed by atoms with Gasteiger partial charge in [0.2, 0.25) is 0 Å². The fraction of sp³-hybridized carbons (Fsp3) is 0.381. The van der Waals surface area contributed by atoms with Crippen molar-refractivity contribution >= 4 is 11.6 Å². The minimum Gasteiger partial charge on any atom is -0.332 e. The second-order valence-corrected chi connectivity index (χ2v) is 7.01. The van der Waals surface area contributed by atoms with Crippen molar-refractivity contribution in [2.75, 3.05) is 11.9 Å². The predicted molar refractivity (Wildman–Crippen MR) is 97.9 cm³/mol. The molecule has 24 heavy (non-hydrogen) atoms. The van der Waals surface area contributed by atoms with Crippen molar-refractivity contribution in [1.82, 2.24) is 0 Å². The van der Waals surface area contributed by atoms with Gasteiger partial charge >= 0.3 is 0 Å². The van der Waals surface area contributed by atoms with Gasteiger partial charge < -0.3 is 10.6 Å². The summed E-state index contributed by atoms with van der Waals surface area (Å²) < 4.78 is 0. The van der Waals surface area contributed by atoms with Gasteiger partial charge in [-0.15, -0.1) is 0 Å². The van der Waals surface area contributed by atoms with Crippen molar-refractivity contribution in [2.24, 2.45) is 5.92 Å². The lowest BCUT2D eigenvalue weighted by molar-refractivity contribution is -0.692. The second kappa shape index (κ2) is 7.63. The summed E-state index contributed by atoms with van der Waals surface area (Å²) in [6.07, 6.45) is 3.53. The molecule has 0 radical (unpaired) electrons. The monoisotopic (exact) mass is 323 g/mol. The van der Waals surface area contributed by atoms with Crippen molar-refractivity contribution < 1.29 is 10.1 Å². The third-order valence-corrected chi connectivity index (χ3v) is 4.84. The zero-order chi connectivity index (χ0) is 16.9. The zero-order valence-electron chi connectivity index (χ0n) is 14.6. The molecule has 0 saturated heterocycles. The molecule has 0 aromatic heterocycles. The maximum atomic E-state index is 12.3. The summed E-state index contributed by atoms with van der Waals surface area (Å²) >= 11 is 0. The molecule has 1 aliphatic rings. The number of hydrogen-bond donors (Lipinski definition) is 2. The highest BCUT2D eigenvalue weighted by Crippen LogP contribution is 2.24. The van der Waals surface area contributed by atoms with Crippen LogP contribution >= 0.6 is 0 Å². The highest BCUT2D eigenvalue weighted by Gasteiger charge is 2.20. The van der Waals surface area contributed by atoms with Gasteiger partial charge in [-0.2, -0.15) is 0 Å². The van der Waals surface area contributed by atoms with E-state index < -0.39 is 0 Å². The Morgan fingerprint density at radius 2 is 1.83 bits per heavy atom. The average Bonchev–Trinajstić information content (AvgIpc) is 3.03. The molecule has 3 nitrogen and oxygen atoms in total. The topological polar surface area (TPSA) is 45.7 Å². The van der Waals surface area contributed by atoms with E-state index in [-0.39, 0.29) is 5.91 Å². The summed E-state index contributed by atoms with van der Waals surface area (Å²) in [6, 6.07) is 17.0. The summed E-state index contributed by atoms with van der Waals surface area (Å²) in [5.74, 6) is 0.537. The third kappa shape index (κ3) is 4.04. The number of nitrogens with two attached hydrogens (primary N) is 1. The van der Waals surface area contributed by atoms with Gasteiger partial charge in [-0.05, 0) is 42.5 Å². The van der Waals surface area contributed by atoms with Crippen molar-refractivity contribution in [2.45, 2.75) is 39.2 Å². The molecule has 0 aliphatic heterocycles. The number of rotatable bonds is 6. The number of fused-ring (bicyclic) bond motifs is 1. The number of carbonyl (C=O) groups excluding carboxylic acids is 1. The Labute approximate surface area is 144 Å². The molecule has 3 N–H and O–H groups in total. The van der Waals surface area contributed by atoms with Crippen LogP contribution in [-0.4, -0.2) is 12.5 Å².